The molecular weight excluding hydrogens is 504 g/mol. The van der Waals surface area contributed by atoms with Crippen molar-refractivity contribution in [2.45, 2.75) is 6.92 Å². The second kappa shape index (κ2) is 7.98. The molecule has 140 valence electrons. The SMILES string of the molecule is CC(=O)Nc1cc(-c2ccc(Br)cc2)nn1-c1nc(-c2ccc(Br)cc2)cs1. The molecular formula is C20H14Br2N4OS. The van der Waals surface area contributed by atoms with Crippen LogP contribution >= 0.6 is 43.2 Å². The van der Waals surface area contributed by atoms with E-state index in [2.05, 4.69) is 42.3 Å². The Hall–Kier alpha value is -2.29. The Balaban J connectivity index is 1.74. The number of nitrogens with zero attached hydrogens (tertiary/aromatic N) is 3. The first-order valence-corrected chi connectivity index (χ1v) is 10.8. The molecule has 0 atom stereocenters. The second-order valence-corrected chi connectivity index (χ2v) is 8.70. The topological polar surface area (TPSA) is 59.8 Å². The smallest absolute Gasteiger partial charge is 0.222 e. The second-order valence-electron chi connectivity index (χ2n) is 6.04. The van der Waals surface area contributed by atoms with Crippen LogP contribution in [0.5, 0.6) is 0 Å². The van der Waals surface area contributed by atoms with E-state index < -0.39 is 0 Å². The Labute approximate surface area is 182 Å². The standard InChI is InChI=1S/C20H14Br2N4OS/c1-12(27)23-19-10-17(13-2-6-15(21)7-3-13)25-26(19)20-24-18(11-28-20)14-4-8-16(22)9-5-14/h2-11H,1H3,(H,23,27). The molecule has 0 aliphatic heterocycles. The molecule has 0 unspecified atom stereocenters. The van der Waals surface area contributed by atoms with Gasteiger partial charge in [-0.15, -0.1) is 11.3 Å². The van der Waals surface area contributed by atoms with Crippen LogP contribution in [0.25, 0.3) is 27.6 Å². The first-order valence-electron chi connectivity index (χ1n) is 8.35. The van der Waals surface area contributed by atoms with Gasteiger partial charge in [0.1, 0.15) is 5.82 Å². The highest BCUT2D eigenvalue weighted by atomic mass is 79.9. The summed E-state index contributed by atoms with van der Waals surface area (Å²) in [7, 11) is 0. The van der Waals surface area contributed by atoms with Crippen LogP contribution in [0.15, 0.2) is 68.9 Å². The van der Waals surface area contributed by atoms with Gasteiger partial charge in [0.15, 0.2) is 0 Å². The molecule has 8 heteroatoms. The third-order valence-electron chi connectivity index (χ3n) is 3.97. The molecule has 0 aliphatic rings. The Kier molecular flexibility index (Phi) is 5.43. The minimum absolute atomic E-state index is 0.159. The lowest BCUT2D eigenvalue weighted by Gasteiger charge is -2.03. The lowest BCUT2D eigenvalue weighted by molar-refractivity contribution is -0.114. The quantitative estimate of drug-likeness (QED) is 0.353. The molecule has 5 nitrogen and oxygen atoms in total. The summed E-state index contributed by atoms with van der Waals surface area (Å²) in [6.07, 6.45) is 0. The first kappa shape index (κ1) is 19.0. The van der Waals surface area contributed by atoms with Crippen LogP contribution in [0.3, 0.4) is 0 Å². The van der Waals surface area contributed by atoms with Crippen LogP contribution in [-0.2, 0) is 4.79 Å². The number of benzene rings is 2. The van der Waals surface area contributed by atoms with Gasteiger partial charge in [-0.05, 0) is 24.3 Å². The van der Waals surface area contributed by atoms with Crippen molar-refractivity contribution in [3.05, 3.63) is 68.9 Å². The number of carbonyl (C=O) groups excluding carboxylic acids is 1. The zero-order valence-electron chi connectivity index (χ0n) is 14.7. The molecule has 0 saturated carbocycles. The van der Waals surface area contributed by atoms with Crippen LogP contribution in [0.4, 0.5) is 5.82 Å². The zero-order chi connectivity index (χ0) is 19.7. The fraction of sp³-hybridized carbons (Fsp3) is 0.0500. The van der Waals surface area contributed by atoms with Gasteiger partial charge in [-0.1, -0.05) is 56.1 Å². The van der Waals surface area contributed by atoms with Gasteiger partial charge in [0.25, 0.3) is 0 Å². The molecule has 2 heterocycles. The number of nitrogens with one attached hydrogen (secondary N) is 1. The highest BCUT2D eigenvalue weighted by Gasteiger charge is 2.15. The number of halogens is 2. The molecule has 28 heavy (non-hydrogen) atoms. The van der Waals surface area contributed by atoms with Gasteiger partial charge in [-0.25, -0.2) is 4.98 Å². The summed E-state index contributed by atoms with van der Waals surface area (Å²) < 4.78 is 3.69. The van der Waals surface area contributed by atoms with Crippen LogP contribution in [0.2, 0.25) is 0 Å². The normalized spacial score (nSPS) is 10.8. The van der Waals surface area contributed by atoms with Crippen molar-refractivity contribution in [3.63, 3.8) is 0 Å². The number of amides is 1. The summed E-state index contributed by atoms with van der Waals surface area (Å²) >= 11 is 8.36. The lowest BCUT2D eigenvalue weighted by Crippen LogP contribution is -2.10. The fourth-order valence-corrected chi connectivity index (χ4v) is 4.00. The van der Waals surface area contributed by atoms with Crippen molar-refractivity contribution in [3.8, 4) is 27.6 Å². The van der Waals surface area contributed by atoms with Crippen LogP contribution in [0, 0.1) is 0 Å². The summed E-state index contributed by atoms with van der Waals surface area (Å²) in [5.74, 6) is 0.426. The number of anilines is 1. The van der Waals surface area contributed by atoms with Crippen molar-refractivity contribution in [1.29, 1.82) is 0 Å². The summed E-state index contributed by atoms with van der Waals surface area (Å²) in [6, 6.07) is 17.7. The van der Waals surface area contributed by atoms with Crippen molar-refractivity contribution >= 4 is 54.9 Å². The Morgan fingerprint density at radius 2 is 1.54 bits per heavy atom. The molecule has 0 bridgehead atoms. The maximum atomic E-state index is 11.7. The van der Waals surface area contributed by atoms with Gasteiger partial charge in [0.2, 0.25) is 11.0 Å². The van der Waals surface area contributed by atoms with E-state index >= 15 is 0 Å². The molecule has 0 fully saturated rings. The fourth-order valence-electron chi connectivity index (χ4n) is 2.67. The van der Waals surface area contributed by atoms with Gasteiger partial charge in [0.05, 0.1) is 11.4 Å². The molecule has 2 aromatic carbocycles. The number of carbonyl (C=O) groups is 1. The van der Waals surface area contributed by atoms with E-state index in [1.165, 1.54) is 18.3 Å². The van der Waals surface area contributed by atoms with Crippen molar-refractivity contribution in [2.24, 2.45) is 0 Å². The van der Waals surface area contributed by atoms with E-state index in [1.54, 1.807) is 4.68 Å². The molecule has 4 aromatic rings. The van der Waals surface area contributed by atoms with Crippen molar-refractivity contribution in [1.82, 2.24) is 14.8 Å². The predicted molar refractivity (Wildman–Crippen MR) is 120 cm³/mol. The molecule has 0 saturated heterocycles. The lowest BCUT2D eigenvalue weighted by atomic mass is 10.1. The Bertz CT molecular complexity index is 1130. The van der Waals surface area contributed by atoms with E-state index in [0.717, 1.165) is 31.5 Å². The molecule has 2 aromatic heterocycles. The summed E-state index contributed by atoms with van der Waals surface area (Å²) in [5, 5.41) is 10.2. The summed E-state index contributed by atoms with van der Waals surface area (Å²) in [4.78, 5) is 16.4. The maximum absolute atomic E-state index is 11.7. The Morgan fingerprint density at radius 1 is 0.964 bits per heavy atom. The number of aromatic nitrogens is 3. The minimum Gasteiger partial charge on any atom is -0.311 e. The summed E-state index contributed by atoms with van der Waals surface area (Å²) in [6.45, 7) is 1.48. The van der Waals surface area contributed by atoms with Crippen molar-refractivity contribution in [2.75, 3.05) is 5.32 Å². The zero-order valence-corrected chi connectivity index (χ0v) is 18.7. The maximum Gasteiger partial charge on any atom is 0.222 e. The van der Waals surface area contributed by atoms with Crippen LogP contribution in [0.1, 0.15) is 6.92 Å². The number of thiazole rings is 1. The largest absolute Gasteiger partial charge is 0.311 e. The van der Waals surface area contributed by atoms with E-state index in [-0.39, 0.29) is 5.91 Å². The monoisotopic (exact) mass is 516 g/mol. The van der Waals surface area contributed by atoms with Gasteiger partial charge >= 0.3 is 0 Å². The number of hydrogen-bond donors (Lipinski definition) is 1. The Morgan fingerprint density at radius 3 is 2.11 bits per heavy atom. The third kappa shape index (κ3) is 4.09. The highest BCUT2D eigenvalue weighted by molar-refractivity contribution is 9.10. The van der Waals surface area contributed by atoms with Gasteiger partial charge in [-0.3, -0.25) is 4.79 Å². The minimum atomic E-state index is -0.159. The average Bonchev–Trinajstić information content (AvgIpc) is 3.30. The highest BCUT2D eigenvalue weighted by Crippen LogP contribution is 2.30. The van der Waals surface area contributed by atoms with E-state index in [0.29, 0.717) is 10.9 Å². The summed E-state index contributed by atoms with van der Waals surface area (Å²) in [5.41, 5.74) is 3.60. The average molecular weight is 518 g/mol. The van der Waals surface area contributed by atoms with Crippen molar-refractivity contribution < 1.29 is 4.79 Å². The molecule has 0 aliphatic carbocycles. The molecule has 1 amide bonds. The van der Waals surface area contributed by atoms with Gasteiger partial charge in [-0.2, -0.15) is 9.78 Å². The molecule has 1 N–H and O–H groups in total. The molecule has 0 spiro atoms. The van der Waals surface area contributed by atoms with Gasteiger partial charge < -0.3 is 5.32 Å². The molecule has 0 radical (unpaired) electrons. The third-order valence-corrected chi connectivity index (χ3v) is 5.84. The van der Waals surface area contributed by atoms with E-state index in [4.69, 9.17) is 4.98 Å². The van der Waals surface area contributed by atoms with E-state index in [1.807, 2.05) is 60.0 Å². The first-order chi connectivity index (χ1) is 13.5. The van der Waals surface area contributed by atoms with Crippen LogP contribution < -0.4 is 5.32 Å². The van der Waals surface area contributed by atoms with Crippen LogP contribution in [-0.4, -0.2) is 20.7 Å². The predicted octanol–water partition coefficient (Wildman–Crippen LogP) is 6.15. The number of hydrogen-bond acceptors (Lipinski definition) is 4. The molecule has 4 rings (SSSR count). The number of rotatable bonds is 4. The van der Waals surface area contributed by atoms with Gasteiger partial charge in [0, 0.05) is 38.4 Å². The van der Waals surface area contributed by atoms with E-state index in [9.17, 15) is 4.79 Å².